The van der Waals surface area contributed by atoms with E-state index in [1.54, 1.807) is 41.8 Å². The monoisotopic (exact) mass is 1100 g/mol. The number of ether oxygens (including phenoxy) is 2. The van der Waals surface area contributed by atoms with E-state index in [2.05, 4.69) is 37.2 Å². The minimum absolute atomic E-state index is 0.0184. The first-order valence-corrected chi connectivity index (χ1v) is 26.4. The van der Waals surface area contributed by atoms with E-state index in [1.165, 1.54) is 6.07 Å². The fourth-order valence-electron chi connectivity index (χ4n) is 11.0. The van der Waals surface area contributed by atoms with Crippen molar-refractivity contribution in [1.82, 2.24) is 51.7 Å². The van der Waals surface area contributed by atoms with E-state index in [-0.39, 0.29) is 31.0 Å². The van der Waals surface area contributed by atoms with Crippen LogP contribution < -0.4 is 42.8 Å². The zero-order valence-corrected chi connectivity index (χ0v) is 43.9. The Hall–Kier alpha value is -8.26. The van der Waals surface area contributed by atoms with Crippen molar-refractivity contribution in [2.45, 2.75) is 108 Å². The van der Waals surface area contributed by atoms with Crippen LogP contribution in [0, 0.1) is 18.7 Å². The first kappa shape index (κ1) is 56.5. The highest BCUT2D eigenvalue weighted by Crippen LogP contribution is 2.46. The Morgan fingerprint density at radius 1 is 0.850 bits per heavy atom. The third-order valence-electron chi connectivity index (χ3n) is 15.3. The first-order chi connectivity index (χ1) is 38.4. The van der Waals surface area contributed by atoms with Crippen LogP contribution in [0.2, 0.25) is 0 Å². The number of hydrogen-bond donors (Lipinski definition) is 9. The molecule has 2 aromatic heterocycles. The molecular formula is C55H61FN10O14. The summed E-state index contributed by atoms with van der Waals surface area (Å²) in [7, 11) is 0. The largest absolute Gasteiger partial charge is 0.480 e. The molecule has 0 spiro atoms. The Bertz CT molecular complexity index is 3260. The predicted molar refractivity (Wildman–Crippen MR) is 280 cm³/mol. The lowest BCUT2D eigenvalue weighted by Crippen LogP contribution is -2.56. The number of carboxylic acids is 1. The van der Waals surface area contributed by atoms with Crippen LogP contribution in [-0.4, -0.2) is 142 Å². The van der Waals surface area contributed by atoms with Gasteiger partial charge >= 0.3 is 5.97 Å². The van der Waals surface area contributed by atoms with Crippen molar-refractivity contribution in [1.29, 1.82) is 0 Å². The molecule has 8 amide bonds. The molecule has 24 nitrogen and oxygen atoms in total. The van der Waals surface area contributed by atoms with E-state index in [9.17, 15) is 53.1 Å². The maximum Gasteiger partial charge on any atom is 0.317 e. The number of aryl methyl sites for hydroxylation is 1. The van der Waals surface area contributed by atoms with Crippen molar-refractivity contribution in [3.8, 4) is 11.4 Å². The molecule has 2 aromatic carbocycles. The molecule has 0 saturated heterocycles. The van der Waals surface area contributed by atoms with Crippen LogP contribution >= 0.6 is 0 Å². The first-order valence-electron chi connectivity index (χ1n) is 26.4. The number of benzene rings is 2. The number of fused-ring (bicyclic) bond motifs is 5. The molecule has 0 radical (unpaired) electrons. The number of aliphatic hydroxyl groups is 1. The van der Waals surface area contributed by atoms with E-state index >= 15 is 4.39 Å². The van der Waals surface area contributed by atoms with Gasteiger partial charge < -0.3 is 61.5 Å². The van der Waals surface area contributed by atoms with Gasteiger partial charge in [0, 0.05) is 53.6 Å². The lowest BCUT2D eigenvalue weighted by molar-refractivity contribution is -0.145. The third kappa shape index (κ3) is 12.0. The van der Waals surface area contributed by atoms with E-state index < -0.39 is 135 Å². The van der Waals surface area contributed by atoms with Gasteiger partial charge in [-0.05, 0) is 78.8 Å². The molecule has 2 unspecified atom stereocenters. The zero-order chi connectivity index (χ0) is 56.9. The molecule has 6 atom stereocenters. The van der Waals surface area contributed by atoms with Gasteiger partial charge in [0.2, 0.25) is 35.4 Å². The number of aliphatic carboxylic acids is 1. The topological polar surface area (TPSA) is 335 Å². The Kier molecular flexibility index (Phi) is 17.2. The van der Waals surface area contributed by atoms with Gasteiger partial charge in [0.15, 0.2) is 6.29 Å². The molecule has 25 heteroatoms. The van der Waals surface area contributed by atoms with Crippen LogP contribution in [-0.2, 0) is 78.6 Å². The van der Waals surface area contributed by atoms with Crippen LogP contribution in [0.3, 0.4) is 0 Å². The number of carboxylic acid groups (broad SMARTS) is 1. The molecule has 9 rings (SSSR count). The number of nitrogens with zero attached hydrogens (tertiary/aromatic N) is 3. The predicted octanol–water partition coefficient (Wildman–Crippen LogP) is -0.379. The van der Waals surface area contributed by atoms with Crippen LogP contribution in [0.5, 0.6) is 0 Å². The number of aliphatic hydroxyl groups excluding tert-OH is 1. The van der Waals surface area contributed by atoms with Gasteiger partial charge in [0.05, 0.1) is 62.3 Å². The molecule has 9 N–H and O–H groups in total. The zero-order valence-electron chi connectivity index (χ0n) is 43.9. The summed E-state index contributed by atoms with van der Waals surface area (Å²) in [4.78, 5) is 135. The quantitative estimate of drug-likeness (QED) is 0.0297. The summed E-state index contributed by atoms with van der Waals surface area (Å²) in [6.07, 6.45) is 3.40. The summed E-state index contributed by atoms with van der Waals surface area (Å²) in [5.41, 5.74) is 5.64. The third-order valence-corrected chi connectivity index (χ3v) is 15.3. The lowest BCUT2D eigenvalue weighted by Gasteiger charge is -2.35. The molecule has 0 bridgehead atoms. The van der Waals surface area contributed by atoms with Crippen molar-refractivity contribution < 1.29 is 67.2 Å². The van der Waals surface area contributed by atoms with E-state index in [1.807, 2.05) is 13.0 Å². The van der Waals surface area contributed by atoms with E-state index in [4.69, 9.17) is 19.6 Å². The fraction of sp³-hybridized carbons (Fsp3) is 0.436. The second kappa shape index (κ2) is 24.4. The molecular weight excluding hydrogens is 1040 g/mol. The highest BCUT2D eigenvalue weighted by Gasteiger charge is 2.41. The van der Waals surface area contributed by atoms with Gasteiger partial charge in [-0.25, -0.2) is 9.37 Å². The van der Waals surface area contributed by atoms with Gasteiger partial charge in [-0.1, -0.05) is 43.7 Å². The maximum atomic E-state index is 15.5. The fourth-order valence-corrected chi connectivity index (χ4v) is 11.0. The van der Waals surface area contributed by atoms with Crippen LogP contribution in [0.1, 0.15) is 89.9 Å². The van der Waals surface area contributed by atoms with Crippen LogP contribution in [0.4, 0.5) is 4.39 Å². The number of aromatic nitrogens is 2. The number of nitrogens with one attached hydrogen (secondary N) is 7. The molecule has 5 heterocycles. The van der Waals surface area contributed by atoms with Crippen molar-refractivity contribution in [2.75, 3.05) is 39.5 Å². The normalized spacial score (nSPS) is 18.9. The second-order valence-electron chi connectivity index (χ2n) is 20.3. The minimum atomic E-state index is -1.50. The summed E-state index contributed by atoms with van der Waals surface area (Å²) >= 11 is 0. The van der Waals surface area contributed by atoms with E-state index in [0.29, 0.717) is 76.2 Å². The second-order valence-corrected chi connectivity index (χ2v) is 20.3. The summed E-state index contributed by atoms with van der Waals surface area (Å²) in [5, 5.41) is 38.2. The Morgan fingerprint density at radius 2 is 1.55 bits per heavy atom. The van der Waals surface area contributed by atoms with Gasteiger partial charge in [0.1, 0.15) is 30.7 Å². The van der Waals surface area contributed by atoms with Crippen LogP contribution in [0.15, 0.2) is 59.4 Å². The Morgan fingerprint density at radius 3 is 2.24 bits per heavy atom. The van der Waals surface area contributed by atoms with Gasteiger partial charge in [0.25, 0.3) is 17.4 Å². The summed E-state index contributed by atoms with van der Waals surface area (Å²) in [5.74, 6) is -8.40. The van der Waals surface area contributed by atoms with Gasteiger partial charge in [-0.3, -0.25) is 52.8 Å². The molecule has 2 aliphatic carbocycles. The van der Waals surface area contributed by atoms with Crippen molar-refractivity contribution in [3.63, 3.8) is 0 Å². The summed E-state index contributed by atoms with van der Waals surface area (Å²) in [6.45, 7) is 0.384. The number of hydrogen-bond acceptors (Lipinski definition) is 15. The SMILES string of the molecule is CC[C@@H]1c2cc3n(c(=O)c2COC1O)Cc1c-3nc2cc(F)c(C)c3c2c1[C@@H](NC(=O)C(OCNC(=O)CNC(=O)[C@H](Cc1ccccc1)NC(=O)CNC(=O)CNC(=O)[C@H](CNCC(=O)O)N1C(=O)C=CC1=O)C1CCC1)CC3. The maximum absolute atomic E-state index is 15.5. The Labute approximate surface area is 456 Å². The average Bonchev–Trinajstić information content (AvgIpc) is 3.98. The number of pyridine rings is 2. The number of halogens is 1. The van der Waals surface area contributed by atoms with Crippen molar-refractivity contribution >= 4 is 64.1 Å². The molecule has 1 saturated carbocycles. The minimum Gasteiger partial charge on any atom is -0.480 e. The molecule has 3 aliphatic heterocycles. The van der Waals surface area contributed by atoms with Crippen LogP contribution in [0.25, 0.3) is 22.3 Å². The Balaban J connectivity index is 0.806. The number of rotatable bonds is 23. The van der Waals surface area contributed by atoms with Crippen molar-refractivity contribution in [2.24, 2.45) is 5.92 Å². The summed E-state index contributed by atoms with van der Waals surface area (Å²) < 4.78 is 28.9. The molecule has 422 valence electrons. The standard InChI is InChI=1S/C55H61FN10O14/c1-3-30-32-17-39-49-33(24-65(39)54(77)34(32)25-79-55(30)78)48-36(13-12-31-27(2)35(56)18-37(63-49)47(31)48)64-53(76)50(29-10-7-11-29)80-26-61-42(68)21-59-51(74)38(16-28-8-5-4-6-9-28)62-43(69)22-58-41(67)20-60-52(75)40(19-57-23-46(72)73)66-44(70)14-15-45(66)71/h4-6,8-9,14-15,17-18,29-30,36,38,40,50,55,57,78H,3,7,10-13,16,19-26H2,1-2H3,(H,58,67)(H,59,74)(H,60,75)(H,61,68)(H,62,69)(H,64,76)(H,72,73)/t30-,36+,38+,40+,50?,55?/m1/s1. The van der Waals surface area contributed by atoms with Gasteiger partial charge in [-0.2, -0.15) is 0 Å². The average molecular weight is 1110 g/mol. The lowest BCUT2D eigenvalue weighted by atomic mass is 9.79. The smallest absolute Gasteiger partial charge is 0.317 e. The highest BCUT2D eigenvalue weighted by molar-refractivity contribution is 6.15. The number of amides is 8. The highest BCUT2D eigenvalue weighted by atomic mass is 19.1. The molecule has 4 aromatic rings. The number of carbonyl (C=O) groups excluding carboxylic acids is 8. The van der Waals surface area contributed by atoms with E-state index in [0.717, 1.165) is 40.6 Å². The van der Waals surface area contributed by atoms with Crippen molar-refractivity contribution in [3.05, 3.63) is 110 Å². The molecule has 5 aliphatic rings. The summed E-state index contributed by atoms with van der Waals surface area (Å²) in [6, 6.07) is 8.57. The molecule has 1 fully saturated rings. The number of imide groups is 1. The number of carbonyl (C=O) groups is 9. The molecule has 80 heavy (non-hydrogen) atoms. The van der Waals surface area contributed by atoms with Gasteiger partial charge in [-0.15, -0.1) is 0 Å².